The molecule has 1 aromatic heterocycles. The zero-order valence-electron chi connectivity index (χ0n) is 8.83. The van der Waals surface area contributed by atoms with Gasteiger partial charge in [0.25, 0.3) is 6.43 Å². The van der Waals surface area contributed by atoms with Gasteiger partial charge in [-0.2, -0.15) is 0 Å². The second-order valence-electron chi connectivity index (χ2n) is 3.19. The highest BCUT2D eigenvalue weighted by Crippen LogP contribution is 2.30. The normalized spacial score (nSPS) is 10.6. The third-order valence-corrected chi connectivity index (χ3v) is 2.04. The summed E-state index contributed by atoms with van der Waals surface area (Å²) in [5, 5.41) is 9.33. The quantitative estimate of drug-likeness (QED) is 0.805. The van der Waals surface area contributed by atoms with Crippen molar-refractivity contribution in [3.63, 3.8) is 0 Å². The number of aromatic hydroxyl groups is 1. The molecule has 0 amide bonds. The fourth-order valence-corrected chi connectivity index (χ4v) is 1.23. The molecule has 1 heterocycles. The van der Waals surface area contributed by atoms with Gasteiger partial charge in [-0.25, -0.2) is 8.78 Å². The molecule has 1 N–H and O–H groups in total. The van der Waals surface area contributed by atoms with Crippen LogP contribution in [0.3, 0.4) is 0 Å². The summed E-state index contributed by atoms with van der Waals surface area (Å²) in [6.45, 7) is 1.39. The van der Waals surface area contributed by atoms with E-state index in [1.54, 1.807) is 0 Å². The Hall–Kier alpha value is -1.72. The van der Waals surface area contributed by atoms with Crippen LogP contribution in [0.25, 0.3) is 0 Å². The number of alkyl halides is 2. The standard InChI is InChI=1S/C10H11F2NO3/c1-5-9(15)7(10(11)12)3-6(13-5)4-8(14)16-2/h3,10,15H,4H2,1-2H3. The third-order valence-electron chi connectivity index (χ3n) is 2.04. The van der Waals surface area contributed by atoms with E-state index in [0.29, 0.717) is 0 Å². The number of hydrogen-bond donors (Lipinski definition) is 1. The Morgan fingerprint density at radius 1 is 1.62 bits per heavy atom. The summed E-state index contributed by atoms with van der Waals surface area (Å²) in [6, 6.07) is 1.00. The van der Waals surface area contributed by atoms with Gasteiger partial charge >= 0.3 is 5.97 Å². The maximum atomic E-state index is 12.5. The average Bonchev–Trinajstić information content (AvgIpc) is 2.22. The number of methoxy groups -OCH3 is 1. The van der Waals surface area contributed by atoms with E-state index in [4.69, 9.17) is 0 Å². The molecule has 0 atom stereocenters. The number of ether oxygens (including phenoxy) is 1. The van der Waals surface area contributed by atoms with Crippen molar-refractivity contribution in [2.45, 2.75) is 19.8 Å². The molecule has 0 radical (unpaired) electrons. The number of pyridine rings is 1. The first-order valence-electron chi connectivity index (χ1n) is 4.50. The van der Waals surface area contributed by atoms with Gasteiger partial charge in [0.1, 0.15) is 5.75 Å². The number of esters is 1. The number of hydrogen-bond acceptors (Lipinski definition) is 4. The summed E-state index contributed by atoms with van der Waals surface area (Å²) in [5.74, 6) is -1.11. The fourth-order valence-electron chi connectivity index (χ4n) is 1.23. The summed E-state index contributed by atoms with van der Waals surface area (Å²) >= 11 is 0. The van der Waals surface area contributed by atoms with Crippen molar-refractivity contribution < 1.29 is 23.4 Å². The van der Waals surface area contributed by atoms with Crippen molar-refractivity contribution in [2.24, 2.45) is 0 Å². The van der Waals surface area contributed by atoms with E-state index in [0.717, 1.165) is 6.07 Å². The summed E-state index contributed by atoms with van der Waals surface area (Å²) in [5.41, 5.74) is -0.305. The van der Waals surface area contributed by atoms with E-state index >= 15 is 0 Å². The number of halogens is 2. The highest BCUT2D eigenvalue weighted by molar-refractivity contribution is 5.72. The molecule has 0 spiro atoms. The second kappa shape index (κ2) is 4.87. The molecule has 0 aromatic carbocycles. The van der Waals surface area contributed by atoms with E-state index in [-0.39, 0.29) is 17.8 Å². The SMILES string of the molecule is COC(=O)Cc1cc(C(F)F)c(O)c(C)n1. The summed E-state index contributed by atoms with van der Waals surface area (Å²) in [7, 11) is 1.20. The minimum Gasteiger partial charge on any atom is -0.506 e. The van der Waals surface area contributed by atoms with Gasteiger partial charge in [-0.3, -0.25) is 9.78 Å². The number of aromatic nitrogens is 1. The molecule has 88 valence electrons. The van der Waals surface area contributed by atoms with Crippen LogP contribution in [0.1, 0.15) is 23.4 Å². The molecular weight excluding hydrogens is 220 g/mol. The van der Waals surface area contributed by atoms with Gasteiger partial charge in [-0.05, 0) is 13.0 Å². The largest absolute Gasteiger partial charge is 0.506 e. The first kappa shape index (κ1) is 12.4. The highest BCUT2D eigenvalue weighted by atomic mass is 19.3. The Morgan fingerprint density at radius 3 is 2.75 bits per heavy atom. The van der Waals surface area contributed by atoms with E-state index in [1.807, 2.05) is 0 Å². The minimum atomic E-state index is -2.81. The molecule has 0 unspecified atom stereocenters. The number of nitrogens with zero attached hydrogens (tertiary/aromatic N) is 1. The molecule has 16 heavy (non-hydrogen) atoms. The van der Waals surface area contributed by atoms with Gasteiger partial charge in [-0.15, -0.1) is 0 Å². The highest BCUT2D eigenvalue weighted by Gasteiger charge is 2.18. The Bertz CT molecular complexity index is 407. The molecule has 0 saturated heterocycles. The van der Waals surface area contributed by atoms with Crippen LogP contribution in [0.15, 0.2) is 6.07 Å². The maximum Gasteiger partial charge on any atom is 0.311 e. The Balaban J connectivity index is 3.09. The molecule has 0 fully saturated rings. The lowest BCUT2D eigenvalue weighted by atomic mass is 10.1. The molecule has 4 nitrogen and oxygen atoms in total. The van der Waals surface area contributed by atoms with Crippen LogP contribution in [0, 0.1) is 6.92 Å². The van der Waals surface area contributed by atoms with Gasteiger partial charge in [-0.1, -0.05) is 0 Å². The van der Waals surface area contributed by atoms with Crippen LogP contribution < -0.4 is 0 Å². The Labute approximate surface area is 90.9 Å². The molecule has 1 aromatic rings. The van der Waals surface area contributed by atoms with Gasteiger partial charge in [0.15, 0.2) is 0 Å². The van der Waals surface area contributed by atoms with Gasteiger partial charge in [0.05, 0.1) is 30.5 Å². The first-order chi connectivity index (χ1) is 7.45. The van der Waals surface area contributed by atoms with Crippen LogP contribution in [-0.4, -0.2) is 23.2 Å². The van der Waals surface area contributed by atoms with Crippen LogP contribution >= 0.6 is 0 Å². The second-order valence-corrected chi connectivity index (χ2v) is 3.19. The van der Waals surface area contributed by atoms with Crippen molar-refractivity contribution in [1.29, 1.82) is 0 Å². The fraction of sp³-hybridized carbons (Fsp3) is 0.400. The average molecular weight is 231 g/mol. The number of aryl methyl sites for hydroxylation is 1. The molecule has 0 bridgehead atoms. The lowest BCUT2D eigenvalue weighted by Gasteiger charge is -2.08. The maximum absolute atomic E-state index is 12.5. The number of carbonyl (C=O) groups is 1. The van der Waals surface area contributed by atoms with Crippen molar-refractivity contribution in [3.8, 4) is 5.75 Å². The summed E-state index contributed by atoms with van der Waals surface area (Å²) in [4.78, 5) is 14.8. The van der Waals surface area contributed by atoms with Crippen LogP contribution in [0.2, 0.25) is 0 Å². The van der Waals surface area contributed by atoms with E-state index in [9.17, 15) is 18.7 Å². The van der Waals surface area contributed by atoms with Crippen LogP contribution in [0.4, 0.5) is 8.78 Å². The summed E-state index contributed by atoms with van der Waals surface area (Å²) < 4.78 is 29.4. The zero-order valence-corrected chi connectivity index (χ0v) is 8.83. The minimum absolute atomic E-state index is 0.0664. The lowest BCUT2D eigenvalue weighted by Crippen LogP contribution is -2.07. The van der Waals surface area contributed by atoms with E-state index in [2.05, 4.69) is 9.72 Å². The van der Waals surface area contributed by atoms with Gasteiger partial charge in [0.2, 0.25) is 0 Å². The van der Waals surface area contributed by atoms with Crippen molar-refractivity contribution >= 4 is 5.97 Å². The zero-order chi connectivity index (χ0) is 12.3. The molecule has 1 rings (SSSR count). The van der Waals surface area contributed by atoms with Crippen molar-refractivity contribution in [1.82, 2.24) is 4.98 Å². The Morgan fingerprint density at radius 2 is 2.25 bits per heavy atom. The molecule has 0 saturated carbocycles. The van der Waals surface area contributed by atoms with E-state index < -0.39 is 23.7 Å². The van der Waals surface area contributed by atoms with Gasteiger partial charge < -0.3 is 9.84 Å². The topological polar surface area (TPSA) is 59.4 Å². The lowest BCUT2D eigenvalue weighted by molar-refractivity contribution is -0.139. The third kappa shape index (κ3) is 2.65. The molecule has 0 aliphatic heterocycles. The molecular formula is C10H11F2NO3. The van der Waals surface area contributed by atoms with Crippen molar-refractivity contribution in [3.05, 3.63) is 23.0 Å². The first-order valence-corrected chi connectivity index (χ1v) is 4.50. The predicted molar refractivity (Wildman–Crippen MR) is 51.3 cm³/mol. The van der Waals surface area contributed by atoms with Crippen LogP contribution in [-0.2, 0) is 16.0 Å². The van der Waals surface area contributed by atoms with E-state index in [1.165, 1.54) is 14.0 Å². The molecule has 6 heteroatoms. The monoisotopic (exact) mass is 231 g/mol. The number of rotatable bonds is 3. The number of carbonyl (C=O) groups excluding carboxylic acids is 1. The predicted octanol–water partition coefficient (Wildman–Crippen LogP) is 1.75. The molecule has 0 aliphatic carbocycles. The molecule has 0 aliphatic rings. The Kier molecular flexibility index (Phi) is 3.76. The van der Waals surface area contributed by atoms with Gasteiger partial charge in [0, 0.05) is 0 Å². The van der Waals surface area contributed by atoms with Crippen LogP contribution in [0.5, 0.6) is 5.75 Å². The summed E-state index contributed by atoms with van der Waals surface area (Å²) in [6.07, 6.45) is -3.00. The van der Waals surface area contributed by atoms with Crippen molar-refractivity contribution in [2.75, 3.05) is 7.11 Å². The smallest absolute Gasteiger partial charge is 0.311 e.